The lowest BCUT2D eigenvalue weighted by molar-refractivity contribution is -0.139. The molecule has 1 aromatic heterocycles. The van der Waals surface area contributed by atoms with Crippen LogP contribution in [0.15, 0.2) is 64.6 Å². The maximum Gasteiger partial charge on any atom is 0.408 e. The minimum atomic E-state index is -1.32. The number of alkyl carbamates (subject to hydrolysis) is 1. The Morgan fingerprint density at radius 3 is 2.58 bits per heavy atom. The molecule has 33 heavy (non-hydrogen) atoms. The zero-order chi connectivity index (χ0) is 23.6. The van der Waals surface area contributed by atoms with Crippen LogP contribution in [0.25, 0.3) is 0 Å². The standard InChI is InChI=1S/C21H21N5O6S/c1-31-17-9-5-6-10-18(17)33-20-23-25-26(24-20)12-16(27)15(11-19(28)29)22-21(30)32-13-14-7-3-2-4-8-14/h2-10,15H,11-13H2,1H3,(H,22,30)(H,28,29). The number of aliphatic carboxylic acids is 1. The van der Waals surface area contributed by atoms with E-state index in [0.717, 1.165) is 15.3 Å². The summed E-state index contributed by atoms with van der Waals surface area (Å²) in [6.07, 6.45) is -1.52. The smallest absolute Gasteiger partial charge is 0.408 e. The maximum atomic E-state index is 12.6. The van der Waals surface area contributed by atoms with E-state index in [0.29, 0.717) is 5.75 Å². The minimum Gasteiger partial charge on any atom is -0.496 e. The van der Waals surface area contributed by atoms with E-state index in [-0.39, 0.29) is 18.3 Å². The van der Waals surface area contributed by atoms with Crippen LogP contribution in [0.1, 0.15) is 12.0 Å². The van der Waals surface area contributed by atoms with Crippen molar-refractivity contribution < 1.29 is 29.0 Å². The number of nitrogens with zero attached hydrogens (tertiary/aromatic N) is 4. The van der Waals surface area contributed by atoms with Crippen LogP contribution >= 0.6 is 11.8 Å². The van der Waals surface area contributed by atoms with Gasteiger partial charge in [0.1, 0.15) is 24.9 Å². The molecule has 3 rings (SSSR count). The Hall–Kier alpha value is -3.93. The number of methoxy groups -OCH3 is 1. The van der Waals surface area contributed by atoms with Crippen molar-refractivity contribution in [2.45, 2.75) is 35.7 Å². The molecule has 12 heteroatoms. The lowest BCUT2D eigenvalue weighted by Gasteiger charge is -2.15. The van der Waals surface area contributed by atoms with Gasteiger partial charge in [0.05, 0.1) is 18.4 Å². The summed E-state index contributed by atoms with van der Waals surface area (Å²) in [5.74, 6) is -1.23. The highest BCUT2D eigenvalue weighted by atomic mass is 32.2. The molecule has 0 aliphatic rings. The number of carboxylic acids is 1. The molecule has 3 aromatic rings. The molecule has 1 unspecified atom stereocenters. The van der Waals surface area contributed by atoms with Crippen LogP contribution in [0.5, 0.6) is 5.75 Å². The Labute approximate surface area is 193 Å². The predicted molar refractivity (Wildman–Crippen MR) is 116 cm³/mol. The number of para-hydroxylation sites is 1. The van der Waals surface area contributed by atoms with Crippen LogP contribution in [0, 0.1) is 0 Å². The van der Waals surface area contributed by atoms with Gasteiger partial charge in [-0.15, -0.1) is 10.2 Å². The van der Waals surface area contributed by atoms with E-state index in [1.807, 2.05) is 24.3 Å². The van der Waals surface area contributed by atoms with Gasteiger partial charge in [-0.05, 0) is 34.7 Å². The highest BCUT2D eigenvalue weighted by Crippen LogP contribution is 2.32. The number of carboxylic acid groups (broad SMARTS) is 1. The molecule has 172 valence electrons. The van der Waals surface area contributed by atoms with Crippen LogP contribution < -0.4 is 10.1 Å². The third-order valence-electron chi connectivity index (χ3n) is 4.27. The van der Waals surface area contributed by atoms with Crippen molar-refractivity contribution in [3.05, 3.63) is 60.2 Å². The van der Waals surface area contributed by atoms with E-state index in [2.05, 4.69) is 20.7 Å². The van der Waals surface area contributed by atoms with Crippen molar-refractivity contribution in [3.8, 4) is 5.75 Å². The number of carbonyl (C=O) groups excluding carboxylic acids is 2. The first kappa shape index (κ1) is 23.7. The van der Waals surface area contributed by atoms with E-state index in [4.69, 9.17) is 14.6 Å². The molecule has 0 fully saturated rings. The van der Waals surface area contributed by atoms with Gasteiger partial charge >= 0.3 is 12.1 Å². The van der Waals surface area contributed by atoms with Crippen molar-refractivity contribution in [1.82, 2.24) is 25.5 Å². The number of carbonyl (C=O) groups is 3. The Morgan fingerprint density at radius 2 is 1.85 bits per heavy atom. The summed E-state index contributed by atoms with van der Waals surface area (Å²) in [6.45, 7) is -0.398. The second-order valence-electron chi connectivity index (χ2n) is 6.68. The summed E-state index contributed by atoms with van der Waals surface area (Å²) in [6, 6.07) is 14.9. The Kier molecular flexibility index (Phi) is 8.36. The van der Waals surface area contributed by atoms with Crippen LogP contribution in [0.2, 0.25) is 0 Å². The molecule has 0 aliphatic heterocycles. The van der Waals surface area contributed by atoms with Gasteiger partial charge in [-0.1, -0.05) is 42.5 Å². The molecule has 0 bridgehead atoms. The predicted octanol–water partition coefficient (Wildman–Crippen LogP) is 2.17. The van der Waals surface area contributed by atoms with Gasteiger partial charge < -0.3 is 19.9 Å². The monoisotopic (exact) mass is 471 g/mol. The second kappa shape index (κ2) is 11.6. The molecular weight excluding hydrogens is 450 g/mol. The fraction of sp³-hybridized carbons (Fsp3) is 0.238. The second-order valence-corrected chi connectivity index (χ2v) is 7.69. The van der Waals surface area contributed by atoms with Crippen molar-refractivity contribution in [2.24, 2.45) is 0 Å². The number of rotatable bonds is 11. The Bertz CT molecular complexity index is 1110. The normalized spacial score (nSPS) is 11.4. The molecule has 11 nitrogen and oxygen atoms in total. The first-order valence-electron chi connectivity index (χ1n) is 9.75. The average Bonchev–Trinajstić information content (AvgIpc) is 3.24. The number of hydrogen-bond donors (Lipinski definition) is 2. The molecule has 2 aromatic carbocycles. The molecule has 0 radical (unpaired) electrons. The van der Waals surface area contributed by atoms with E-state index in [1.54, 1.807) is 37.4 Å². The summed E-state index contributed by atoms with van der Waals surface area (Å²) in [5, 5.41) is 23.5. The number of ketones is 1. The Balaban J connectivity index is 1.59. The summed E-state index contributed by atoms with van der Waals surface area (Å²) >= 11 is 1.20. The highest BCUT2D eigenvalue weighted by Gasteiger charge is 2.25. The number of benzene rings is 2. The maximum absolute atomic E-state index is 12.6. The van der Waals surface area contributed by atoms with Crippen molar-refractivity contribution in [1.29, 1.82) is 0 Å². The first-order valence-corrected chi connectivity index (χ1v) is 10.6. The van der Waals surface area contributed by atoms with Crippen LogP contribution in [0.3, 0.4) is 0 Å². The van der Waals surface area contributed by atoms with E-state index in [9.17, 15) is 14.4 Å². The van der Waals surface area contributed by atoms with Gasteiger partial charge in [0.2, 0.25) is 5.16 Å². The number of ether oxygens (including phenoxy) is 2. The van der Waals surface area contributed by atoms with E-state index in [1.165, 1.54) is 11.8 Å². The lowest BCUT2D eigenvalue weighted by Crippen LogP contribution is -2.44. The Morgan fingerprint density at radius 1 is 1.12 bits per heavy atom. The number of hydrogen-bond acceptors (Lipinski definition) is 9. The lowest BCUT2D eigenvalue weighted by atomic mass is 10.1. The van der Waals surface area contributed by atoms with Gasteiger partial charge in [0.15, 0.2) is 5.78 Å². The number of nitrogens with one attached hydrogen (secondary N) is 1. The molecule has 1 amide bonds. The molecule has 0 saturated heterocycles. The third-order valence-corrected chi connectivity index (χ3v) is 5.18. The number of aromatic nitrogens is 4. The summed E-state index contributed by atoms with van der Waals surface area (Å²) in [7, 11) is 1.54. The molecule has 1 heterocycles. The van der Waals surface area contributed by atoms with Crippen LogP contribution in [0.4, 0.5) is 4.79 Å². The molecule has 0 spiro atoms. The van der Waals surface area contributed by atoms with Gasteiger partial charge in [-0.2, -0.15) is 4.80 Å². The molecule has 1 atom stereocenters. The van der Waals surface area contributed by atoms with Crippen molar-refractivity contribution >= 4 is 29.6 Å². The topological polar surface area (TPSA) is 146 Å². The fourth-order valence-corrected chi connectivity index (χ4v) is 3.52. The first-order chi connectivity index (χ1) is 15.9. The zero-order valence-corrected chi connectivity index (χ0v) is 18.4. The summed E-state index contributed by atoms with van der Waals surface area (Å²) in [5.41, 5.74) is 0.751. The van der Waals surface area contributed by atoms with Gasteiger partial charge in [0.25, 0.3) is 0 Å². The zero-order valence-electron chi connectivity index (χ0n) is 17.6. The molecule has 0 aliphatic carbocycles. The third kappa shape index (κ3) is 7.31. The van der Waals surface area contributed by atoms with Crippen LogP contribution in [-0.4, -0.2) is 56.3 Å². The summed E-state index contributed by atoms with van der Waals surface area (Å²) < 4.78 is 10.3. The molecule has 0 saturated carbocycles. The van der Waals surface area contributed by atoms with Gasteiger partial charge in [0, 0.05) is 0 Å². The average molecular weight is 471 g/mol. The minimum absolute atomic E-state index is 0.0190. The van der Waals surface area contributed by atoms with Gasteiger partial charge in [-0.25, -0.2) is 4.79 Å². The quantitative estimate of drug-likeness (QED) is 0.427. The highest BCUT2D eigenvalue weighted by molar-refractivity contribution is 7.99. The number of tetrazole rings is 1. The fourth-order valence-electron chi connectivity index (χ4n) is 2.71. The van der Waals surface area contributed by atoms with Crippen molar-refractivity contribution in [2.75, 3.05) is 7.11 Å². The molecular formula is C21H21N5O6S. The number of Topliss-reactive ketones (excluding diaryl/α,β-unsaturated/α-hetero) is 1. The molecule has 2 N–H and O–H groups in total. The summed E-state index contributed by atoms with van der Waals surface area (Å²) in [4.78, 5) is 37.7. The SMILES string of the molecule is COc1ccccc1Sc1nnn(CC(=O)C(CC(=O)O)NC(=O)OCc2ccccc2)n1. The van der Waals surface area contributed by atoms with E-state index < -0.39 is 30.3 Å². The van der Waals surface area contributed by atoms with Gasteiger partial charge in [-0.3, -0.25) is 9.59 Å². The number of amides is 1. The van der Waals surface area contributed by atoms with E-state index >= 15 is 0 Å². The van der Waals surface area contributed by atoms with Crippen molar-refractivity contribution in [3.63, 3.8) is 0 Å². The van der Waals surface area contributed by atoms with Crippen LogP contribution in [-0.2, 0) is 27.5 Å². The largest absolute Gasteiger partial charge is 0.496 e.